The van der Waals surface area contributed by atoms with Crippen LogP contribution in [0.5, 0.6) is 0 Å². The van der Waals surface area contributed by atoms with E-state index in [1.54, 1.807) is 0 Å². The lowest BCUT2D eigenvalue weighted by molar-refractivity contribution is -0.122. The van der Waals surface area contributed by atoms with Gasteiger partial charge in [0.05, 0.1) is 13.2 Å². The van der Waals surface area contributed by atoms with Crippen LogP contribution in [-0.4, -0.2) is 72.9 Å². The Balaban J connectivity index is 0.000000573. The first kappa shape index (κ1) is 18.4. The van der Waals surface area contributed by atoms with E-state index >= 15 is 0 Å². The van der Waals surface area contributed by atoms with Gasteiger partial charge in [0.1, 0.15) is 0 Å². The van der Waals surface area contributed by atoms with Gasteiger partial charge < -0.3 is 9.84 Å². The molecule has 0 aliphatic carbocycles. The second kappa shape index (κ2) is 11.2. The van der Waals surface area contributed by atoms with Gasteiger partial charge >= 0.3 is 0 Å². The van der Waals surface area contributed by atoms with Crippen LogP contribution in [0.4, 0.5) is 0 Å². The molecule has 1 N–H and O–H groups in total. The van der Waals surface area contributed by atoms with Crippen molar-refractivity contribution < 1.29 is 14.6 Å². The molecule has 2 heterocycles. The van der Waals surface area contributed by atoms with E-state index < -0.39 is 0 Å². The highest BCUT2D eigenvalue weighted by molar-refractivity contribution is 5.32. The maximum absolute atomic E-state index is 8.36. The van der Waals surface area contributed by atoms with Gasteiger partial charge in [-0.25, -0.2) is 0 Å². The molecule has 0 aromatic rings. The molecule has 0 bridgehead atoms. The SMILES string of the molecule is CC.CC(C)N1CCC(N2CCOCC2)C1.O=CO. The Labute approximate surface area is 117 Å². The second-order valence-electron chi connectivity index (χ2n) is 4.78. The zero-order valence-corrected chi connectivity index (χ0v) is 12.8. The number of hydrogen-bond acceptors (Lipinski definition) is 4. The van der Waals surface area contributed by atoms with Crippen LogP contribution in [-0.2, 0) is 9.53 Å². The van der Waals surface area contributed by atoms with Gasteiger partial charge in [0, 0.05) is 38.3 Å². The van der Waals surface area contributed by atoms with Crippen molar-refractivity contribution in [2.75, 3.05) is 39.4 Å². The minimum Gasteiger partial charge on any atom is -0.483 e. The van der Waals surface area contributed by atoms with Gasteiger partial charge in [0.15, 0.2) is 0 Å². The molecular weight excluding hydrogens is 244 g/mol. The molecule has 2 aliphatic rings. The van der Waals surface area contributed by atoms with Gasteiger partial charge in [0.25, 0.3) is 6.47 Å². The van der Waals surface area contributed by atoms with Crippen LogP contribution in [0.1, 0.15) is 34.1 Å². The highest BCUT2D eigenvalue weighted by atomic mass is 16.5. The van der Waals surface area contributed by atoms with Gasteiger partial charge in [-0.3, -0.25) is 14.6 Å². The van der Waals surface area contributed by atoms with Crippen LogP contribution in [0, 0.1) is 0 Å². The number of likely N-dealkylation sites (tertiary alicyclic amines) is 1. The minimum atomic E-state index is -0.250. The smallest absolute Gasteiger partial charge is 0.290 e. The summed E-state index contributed by atoms with van der Waals surface area (Å²) in [6.45, 7) is 15.0. The Morgan fingerprint density at radius 1 is 1.21 bits per heavy atom. The Morgan fingerprint density at radius 2 is 1.74 bits per heavy atom. The Bertz CT molecular complexity index is 219. The molecule has 2 aliphatic heterocycles. The summed E-state index contributed by atoms with van der Waals surface area (Å²) in [7, 11) is 0. The molecule has 0 spiro atoms. The maximum atomic E-state index is 8.36. The van der Waals surface area contributed by atoms with Gasteiger partial charge in [-0.05, 0) is 20.3 Å². The fourth-order valence-corrected chi connectivity index (χ4v) is 2.48. The van der Waals surface area contributed by atoms with Crippen LogP contribution in [0.2, 0.25) is 0 Å². The van der Waals surface area contributed by atoms with Crippen molar-refractivity contribution in [1.29, 1.82) is 0 Å². The van der Waals surface area contributed by atoms with Crippen molar-refractivity contribution in [2.45, 2.75) is 46.2 Å². The molecule has 0 amide bonds. The molecule has 0 saturated carbocycles. The van der Waals surface area contributed by atoms with Crippen LogP contribution >= 0.6 is 0 Å². The molecule has 0 radical (unpaired) electrons. The number of ether oxygens (including phenoxy) is 1. The highest BCUT2D eigenvalue weighted by Crippen LogP contribution is 2.18. The third kappa shape index (κ3) is 6.89. The first-order valence-electron chi connectivity index (χ1n) is 7.32. The van der Waals surface area contributed by atoms with Crippen LogP contribution in [0.3, 0.4) is 0 Å². The van der Waals surface area contributed by atoms with Crippen molar-refractivity contribution in [2.24, 2.45) is 0 Å². The lowest BCUT2D eigenvalue weighted by atomic mass is 10.2. The normalized spacial score (nSPS) is 24.2. The van der Waals surface area contributed by atoms with Gasteiger partial charge in [0.2, 0.25) is 0 Å². The van der Waals surface area contributed by atoms with E-state index in [0.29, 0.717) is 6.04 Å². The molecule has 0 aromatic carbocycles. The maximum Gasteiger partial charge on any atom is 0.290 e. The third-order valence-electron chi connectivity index (χ3n) is 3.49. The van der Waals surface area contributed by atoms with E-state index in [1.165, 1.54) is 19.5 Å². The Kier molecular flexibility index (Phi) is 10.8. The summed E-state index contributed by atoms with van der Waals surface area (Å²) >= 11 is 0. The first-order chi connectivity index (χ1) is 9.19. The number of morpholine rings is 1. The van der Waals surface area contributed by atoms with Crippen LogP contribution in [0.25, 0.3) is 0 Å². The Morgan fingerprint density at radius 3 is 2.16 bits per heavy atom. The molecule has 0 aromatic heterocycles. The number of carboxylic acid groups (broad SMARTS) is 1. The van der Waals surface area contributed by atoms with E-state index in [9.17, 15) is 0 Å². The molecule has 2 fully saturated rings. The lowest BCUT2D eigenvalue weighted by Gasteiger charge is -2.32. The molecule has 5 heteroatoms. The standard InChI is InChI=1S/C11H22N2O.C2H6.CH2O2/c1-10(2)13-4-3-11(9-13)12-5-7-14-8-6-12;1-2;2-1-3/h10-11H,3-9H2,1-2H3;1-2H3;1H,(H,2,3). The van der Waals surface area contributed by atoms with E-state index in [0.717, 1.165) is 32.3 Å². The summed E-state index contributed by atoms with van der Waals surface area (Å²) in [6, 6.07) is 1.50. The molecule has 5 nitrogen and oxygen atoms in total. The average Bonchev–Trinajstić information content (AvgIpc) is 2.93. The van der Waals surface area contributed by atoms with Crippen molar-refractivity contribution in [3.63, 3.8) is 0 Å². The molecule has 2 rings (SSSR count). The molecule has 1 atom stereocenters. The van der Waals surface area contributed by atoms with E-state index in [1.807, 2.05) is 13.8 Å². The van der Waals surface area contributed by atoms with Gasteiger partial charge in [-0.2, -0.15) is 0 Å². The minimum absolute atomic E-state index is 0.250. The predicted molar refractivity (Wildman–Crippen MR) is 77.5 cm³/mol. The molecule has 114 valence electrons. The third-order valence-corrected chi connectivity index (χ3v) is 3.49. The molecular formula is C14H30N2O3. The summed E-state index contributed by atoms with van der Waals surface area (Å²) in [5.74, 6) is 0. The van der Waals surface area contributed by atoms with Gasteiger partial charge in [-0.15, -0.1) is 0 Å². The molecule has 1 unspecified atom stereocenters. The van der Waals surface area contributed by atoms with Gasteiger partial charge in [-0.1, -0.05) is 13.8 Å². The summed E-state index contributed by atoms with van der Waals surface area (Å²) in [4.78, 5) is 13.5. The zero-order chi connectivity index (χ0) is 14.7. The predicted octanol–water partition coefficient (Wildman–Crippen LogP) is 1.53. The summed E-state index contributed by atoms with van der Waals surface area (Å²) in [6.07, 6.45) is 1.35. The zero-order valence-electron chi connectivity index (χ0n) is 12.8. The monoisotopic (exact) mass is 274 g/mol. The summed E-state index contributed by atoms with van der Waals surface area (Å²) in [5.41, 5.74) is 0. The first-order valence-corrected chi connectivity index (χ1v) is 7.32. The van der Waals surface area contributed by atoms with Crippen LogP contribution < -0.4 is 0 Å². The second-order valence-corrected chi connectivity index (χ2v) is 4.78. The summed E-state index contributed by atoms with van der Waals surface area (Å²) < 4.78 is 5.38. The summed E-state index contributed by atoms with van der Waals surface area (Å²) in [5, 5.41) is 6.89. The van der Waals surface area contributed by atoms with Crippen LogP contribution in [0.15, 0.2) is 0 Å². The number of hydrogen-bond donors (Lipinski definition) is 1. The molecule has 2 saturated heterocycles. The quantitative estimate of drug-likeness (QED) is 0.774. The fraction of sp³-hybridized carbons (Fsp3) is 0.929. The van der Waals surface area contributed by atoms with E-state index in [2.05, 4.69) is 23.6 Å². The largest absolute Gasteiger partial charge is 0.483 e. The number of rotatable bonds is 2. The van der Waals surface area contributed by atoms with Crippen molar-refractivity contribution in [3.05, 3.63) is 0 Å². The Hall–Kier alpha value is -0.650. The molecule has 19 heavy (non-hydrogen) atoms. The topological polar surface area (TPSA) is 53.0 Å². The number of nitrogens with zero attached hydrogens (tertiary/aromatic N) is 2. The van der Waals surface area contributed by atoms with Crippen molar-refractivity contribution in [1.82, 2.24) is 9.80 Å². The fourth-order valence-electron chi connectivity index (χ4n) is 2.48. The van der Waals surface area contributed by atoms with E-state index in [4.69, 9.17) is 14.6 Å². The number of carbonyl (C=O) groups is 1. The van der Waals surface area contributed by atoms with Crippen molar-refractivity contribution >= 4 is 6.47 Å². The van der Waals surface area contributed by atoms with E-state index in [-0.39, 0.29) is 6.47 Å². The average molecular weight is 274 g/mol. The van der Waals surface area contributed by atoms with Crippen molar-refractivity contribution in [3.8, 4) is 0 Å². The lowest BCUT2D eigenvalue weighted by Crippen LogP contribution is -2.45. The highest BCUT2D eigenvalue weighted by Gasteiger charge is 2.29.